The highest BCUT2D eigenvalue weighted by atomic mass is 16.5. The van der Waals surface area contributed by atoms with Crippen molar-refractivity contribution in [1.82, 2.24) is 5.43 Å². The van der Waals surface area contributed by atoms with Gasteiger partial charge in [0.05, 0.1) is 18.7 Å². The van der Waals surface area contributed by atoms with E-state index in [0.29, 0.717) is 6.61 Å². The highest BCUT2D eigenvalue weighted by Gasteiger charge is 2.60. The normalized spacial score (nSPS) is 16.6. The molecule has 164 valence electrons. The molecule has 1 aliphatic rings. The summed E-state index contributed by atoms with van der Waals surface area (Å²) in [5.74, 6) is 0.513. The van der Waals surface area contributed by atoms with E-state index in [2.05, 4.69) is 40.9 Å². The van der Waals surface area contributed by atoms with E-state index < -0.39 is 0 Å². The largest absolute Gasteiger partial charge is 0.493 e. The number of nitrogens with one attached hydrogen (secondary N) is 1. The van der Waals surface area contributed by atoms with Crippen molar-refractivity contribution in [3.8, 4) is 5.75 Å². The standard InChI is InChI=1S/C29H26N2O2/c1-2-33-27-18-17-21-11-9-10-16-24(21)25(27)20-30-31-28(32)26-19-29(26,22-12-5-3-6-13-22)23-14-7-4-8-15-23/h3-18,20,26H,2,19H2,1H3,(H,31,32). The monoisotopic (exact) mass is 434 g/mol. The summed E-state index contributed by atoms with van der Waals surface area (Å²) < 4.78 is 5.81. The van der Waals surface area contributed by atoms with Crippen LogP contribution in [0.25, 0.3) is 10.8 Å². The summed E-state index contributed by atoms with van der Waals surface area (Å²) in [6, 6.07) is 32.6. The molecule has 0 spiro atoms. The average molecular weight is 435 g/mol. The molecule has 0 aliphatic heterocycles. The van der Waals surface area contributed by atoms with Crippen LogP contribution in [0.4, 0.5) is 0 Å². The van der Waals surface area contributed by atoms with E-state index in [4.69, 9.17) is 4.74 Å². The Bertz CT molecular complexity index is 1260. The van der Waals surface area contributed by atoms with Gasteiger partial charge in [0.25, 0.3) is 0 Å². The molecule has 5 rings (SSSR count). The Morgan fingerprint density at radius 2 is 1.58 bits per heavy atom. The first-order valence-corrected chi connectivity index (χ1v) is 11.3. The third-order valence-electron chi connectivity index (χ3n) is 6.45. The van der Waals surface area contributed by atoms with Gasteiger partial charge in [0.1, 0.15) is 5.75 Å². The van der Waals surface area contributed by atoms with Crippen molar-refractivity contribution in [2.45, 2.75) is 18.8 Å². The lowest BCUT2D eigenvalue weighted by Gasteiger charge is -2.18. The van der Waals surface area contributed by atoms with Gasteiger partial charge in [-0.3, -0.25) is 4.79 Å². The summed E-state index contributed by atoms with van der Waals surface area (Å²) in [4.78, 5) is 13.2. The lowest BCUT2D eigenvalue weighted by atomic mass is 9.85. The van der Waals surface area contributed by atoms with Gasteiger partial charge >= 0.3 is 0 Å². The summed E-state index contributed by atoms with van der Waals surface area (Å²) in [6.45, 7) is 2.52. The number of hydrazone groups is 1. The van der Waals surface area contributed by atoms with Gasteiger partial charge in [0, 0.05) is 11.0 Å². The van der Waals surface area contributed by atoms with E-state index >= 15 is 0 Å². The van der Waals surface area contributed by atoms with Crippen molar-refractivity contribution in [2.24, 2.45) is 11.0 Å². The van der Waals surface area contributed by atoms with Crippen LogP contribution in [-0.4, -0.2) is 18.7 Å². The zero-order chi connectivity index (χ0) is 22.7. The zero-order valence-corrected chi connectivity index (χ0v) is 18.6. The van der Waals surface area contributed by atoms with Crippen molar-refractivity contribution in [2.75, 3.05) is 6.61 Å². The van der Waals surface area contributed by atoms with Crippen LogP contribution in [0.5, 0.6) is 5.75 Å². The second kappa shape index (κ2) is 8.91. The Balaban J connectivity index is 1.41. The second-order valence-corrected chi connectivity index (χ2v) is 8.33. The highest BCUT2D eigenvalue weighted by Crippen LogP contribution is 2.58. The molecule has 4 nitrogen and oxygen atoms in total. The third-order valence-corrected chi connectivity index (χ3v) is 6.45. The fourth-order valence-electron chi connectivity index (χ4n) is 4.78. The van der Waals surface area contributed by atoms with Crippen molar-refractivity contribution in [3.05, 3.63) is 114 Å². The first-order chi connectivity index (χ1) is 16.2. The number of hydrogen-bond acceptors (Lipinski definition) is 3. The number of fused-ring (bicyclic) bond motifs is 1. The topological polar surface area (TPSA) is 50.7 Å². The van der Waals surface area contributed by atoms with Crippen molar-refractivity contribution < 1.29 is 9.53 Å². The van der Waals surface area contributed by atoms with Gasteiger partial charge in [-0.25, -0.2) is 5.43 Å². The first kappa shape index (κ1) is 21.0. The molecule has 4 aromatic carbocycles. The van der Waals surface area contributed by atoms with Crippen LogP contribution in [0.15, 0.2) is 102 Å². The van der Waals surface area contributed by atoms with E-state index in [0.717, 1.165) is 39.6 Å². The van der Waals surface area contributed by atoms with Gasteiger partial charge in [-0.05, 0) is 41.3 Å². The van der Waals surface area contributed by atoms with Crippen molar-refractivity contribution in [1.29, 1.82) is 0 Å². The third kappa shape index (κ3) is 3.89. The fourth-order valence-corrected chi connectivity index (χ4v) is 4.78. The molecule has 0 heterocycles. The van der Waals surface area contributed by atoms with Crippen LogP contribution >= 0.6 is 0 Å². The molecule has 4 aromatic rings. The molecule has 1 saturated carbocycles. The van der Waals surface area contributed by atoms with Crippen LogP contribution in [0, 0.1) is 5.92 Å². The Labute approximate surface area is 193 Å². The molecule has 0 saturated heterocycles. The average Bonchev–Trinajstić information content (AvgIpc) is 3.63. The Morgan fingerprint density at radius 1 is 0.939 bits per heavy atom. The number of benzene rings is 4. The number of carbonyl (C=O) groups is 1. The highest BCUT2D eigenvalue weighted by molar-refractivity contribution is 6.02. The van der Waals surface area contributed by atoms with Crippen molar-refractivity contribution in [3.63, 3.8) is 0 Å². The predicted molar refractivity (Wildman–Crippen MR) is 133 cm³/mol. The van der Waals surface area contributed by atoms with Crippen LogP contribution in [0.2, 0.25) is 0 Å². The molecule has 1 atom stereocenters. The maximum absolute atomic E-state index is 13.2. The number of rotatable bonds is 7. The van der Waals surface area contributed by atoms with Gasteiger partial charge in [0.2, 0.25) is 5.91 Å². The molecule has 33 heavy (non-hydrogen) atoms. The van der Waals surface area contributed by atoms with Crippen LogP contribution in [0.3, 0.4) is 0 Å². The van der Waals surface area contributed by atoms with E-state index in [1.54, 1.807) is 6.21 Å². The summed E-state index contributed by atoms with van der Waals surface area (Å²) in [7, 11) is 0. The van der Waals surface area contributed by atoms with Crippen LogP contribution in [-0.2, 0) is 10.2 Å². The van der Waals surface area contributed by atoms with E-state index in [1.165, 1.54) is 0 Å². The van der Waals surface area contributed by atoms with Gasteiger partial charge in [-0.2, -0.15) is 5.10 Å². The minimum atomic E-state index is -0.307. The minimum absolute atomic E-state index is 0.0721. The van der Waals surface area contributed by atoms with Gasteiger partial charge in [-0.15, -0.1) is 0 Å². The lowest BCUT2D eigenvalue weighted by Crippen LogP contribution is -2.25. The Hall–Kier alpha value is -3.92. The summed E-state index contributed by atoms with van der Waals surface area (Å²) in [5, 5.41) is 6.48. The summed E-state index contributed by atoms with van der Waals surface area (Å²) >= 11 is 0. The molecule has 1 amide bonds. The number of hydrogen-bond donors (Lipinski definition) is 1. The maximum atomic E-state index is 13.2. The summed E-state index contributed by atoms with van der Waals surface area (Å²) in [5.41, 5.74) is 5.67. The number of amides is 1. The molecule has 1 unspecified atom stereocenters. The van der Waals surface area contributed by atoms with Gasteiger partial charge in [0.15, 0.2) is 0 Å². The Kier molecular flexibility index (Phi) is 5.66. The smallest absolute Gasteiger partial charge is 0.244 e. The molecule has 0 radical (unpaired) electrons. The van der Waals surface area contributed by atoms with Gasteiger partial charge < -0.3 is 4.74 Å². The molecule has 1 fully saturated rings. The molecule has 0 aromatic heterocycles. The molecular weight excluding hydrogens is 408 g/mol. The quantitative estimate of drug-likeness (QED) is 0.300. The number of nitrogens with zero attached hydrogens (tertiary/aromatic N) is 1. The number of ether oxygens (including phenoxy) is 1. The molecule has 4 heteroatoms. The summed E-state index contributed by atoms with van der Waals surface area (Å²) in [6.07, 6.45) is 2.46. The molecule has 1 aliphatic carbocycles. The molecule has 1 N–H and O–H groups in total. The van der Waals surface area contributed by atoms with Gasteiger partial charge in [-0.1, -0.05) is 91.0 Å². The Morgan fingerprint density at radius 3 is 2.24 bits per heavy atom. The lowest BCUT2D eigenvalue weighted by molar-refractivity contribution is -0.122. The minimum Gasteiger partial charge on any atom is -0.493 e. The maximum Gasteiger partial charge on any atom is 0.244 e. The first-order valence-electron chi connectivity index (χ1n) is 11.3. The second-order valence-electron chi connectivity index (χ2n) is 8.33. The number of carbonyl (C=O) groups excluding carboxylic acids is 1. The van der Waals surface area contributed by atoms with E-state index in [-0.39, 0.29) is 17.2 Å². The molecular formula is C29H26N2O2. The van der Waals surface area contributed by atoms with E-state index in [1.807, 2.05) is 73.7 Å². The van der Waals surface area contributed by atoms with Crippen LogP contribution in [0.1, 0.15) is 30.0 Å². The fraction of sp³-hybridized carbons (Fsp3) is 0.172. The van der Waals surface area contributed by atoms with Crippen molar-refractivity contribution >= 4 is 22.9 Å². The zero-order valence-electron chi connectivity index (χ0n) is 18.6. The molecule has 0 bridgehead atoms. The predicted octanol–water partition coefficient (Wildman–Crippen LogP) is 5.69. The van der Waals surface area contributed by atoms with Crippen LogP contribution < -0.4 is 10.2 Å². The SMILES string of the molecule is CCOc1ccc2ccccc2c1C=NNC(=O)C1CC1(c1ccccc1)c1ccccc1. The van der Waals surface area contributed by atoms with E-state index in [9.17, 15) is 4.79 Å².